The molecule has 6 heteroatoms. The number of hydrogen-bond acceptors (Lipinski definition) is 5. The zero-order valence-electron chi connectivity index (χ0n) is 15.7. The van der Waals surface area contributed by atoms with Gasteiger partial charge in [-0.15, -0.1) is 0 Å². The van der Waals surface area contributed by atoms with Crippen LogP contribution in [0.15, 0.2) is 30.5 Å². The fraction of sp³-hybridized carbons (Fsp3) is 0.476. The monoisotopic (exact) mass is 365 g/mol. The summed E-state index contributed by atoms with van der Waals surface area (Å²) in [6.45, 7) is 2.39. The first-order valence-corrected chi connectivity index (χ1v) is 9.92. The second-order valence-corrected chi connectivity index (χ2v) is 7.64. The zero-order valence-corrected chi connectivity index (χ0v) is 15.7. The van der Waals surface area contributed by atoms with Crippen LogP contribution >= 0.6 is 0 Å². The Bertz CT molecular complexity index is 816. The largest absolute Gasteiger partial charge is 0.368 e. The highest BCUT2D eigenvalue weighted by molar-refractivity contribution is 5.95. The van der Waals surface area contributed by atoms with Gasteiger partial charge in [0.15, 0.2) is 0 Å². The number of benzene rings is 1. The van der Waals surface area contributed by atoms with Crippen LogP contribution in [0.4, 0.5) is 11.6 Å². The van der Waals surface area contributed by atoms with Crippen molar-refractivity contribution in [3.63, 3.8) is 0 Å². The van der Waals surface area contributed by atoms with Gasteiger partial charge in [0.25, 0.3) is 5.91 Å². The summed E-state index contributed by atoms with van der Waals surface area (Å²) in [4.78, 5) is 23.3. The Morgan fingerprint density at radius 2 is 2.11 bits per heavy atom. The molecule has 0 unspecified atom stereocenters. The van der Waals surface area contributed by atoms with Crippen LogP contribution in [-0.4, -0.2) is 29.0 Å². The third kappa shape index (κ3) is 4.21. The van der Waals surface area contributed by atoms with Crippen LogP contribution in [-0.2, 0) is 13.0 Å². The van der Waals surface area contributed by atoms with Crippen LogP contribution in [0, 0.1) is 5.92 Å². The number of carbonyl (C=O) groups is 1. The summed E-state index contributed by atoms with van der Waals surface area (Å²) in [6.07, 6.45) is 9.04. The second-order valence-electron chi connectivity index (χ2n) is 7.64. The van der Waals surface area contributed by atoms with Crippen LogP contribution in [0.5, 0.6) is 0 Å². The van der Waals surface area contributed by atoms with Gasteiger partial charge in [0.05, 0.1) is 5.69 Å². The van der Waals surface area contributed by atoms with Gasteiger partial charge < -0.3 is 16.0 Å². The summed E-state index contributed by atoms with van der Waals surface area (Å²) < 4.78 is 0. The molecular formula is C21H27N5O. The van der Waals surface area contributed by atoms with Crippen molar-refractivity contribution in [1.82, 2.24) is 15.3 Å². The van der Waals surface area contributed by atoms with Gasteiger partial charge in [0.2, 0.25) is 5.95 Å². The summed E-state index contributed by atoms with van der Waals surface area (Å²) in [7, 11) is 0. The van der Waals surface area contributed by atoms with Crippen molar-refractivity contribution in [1.29, 1.82) is 0 Å². The van der Waals surface area contributed by atoms with E-state index in [0.717, 1.165) is 48.6 Å². The molecule has 0 saturated heterocycles. The summed E-state index contributed by atoms with van der Waals surface area (Å²) in [6, 6.07) is 7.89. The number of nitrogens with zero attached hydrogens (tertiary/aromatic N) is 3. The lowest BCUT2D eigenvalue weighted by Gasteiger charge is -2.30. The van der Waals surface area contributed by atoms with Crippen LogP contribution in [0.3, 0.4) is 0 Å². The van der Waals surface area contributed by atoms with Crippen molar-refractivity contribution in [2.45, 2.75) is 45.1 Å². The molecule has 0 radical (unpaired) electrons. The quantitative estimate of drug-likeness (QED) is 0.870. The van der Waals surface area contributed by atoms with E-state index in [1.807, 2.05) is 24.4 Å². The standard InChI is InChI=1S/C21H27N5O/c22-21-24-13-17-14-26(10-9-19(17)25-21)18-8-4-7-16(11-18)20(27)23-12-15-5-2-1-3-6-15/h4,7-8,11,13,15H,1-3,5-6,9-10,12,14H2,(H,23,27)(H2,22,24,25). The lowest BCUT2D eigenvalue weighted by molar-refractivity contribution is 0.0943. The third-order valence-electron chi connectivity index (χ3n) is 5.70. The van der Waals surface area contributed by atoms with Gasteiger partial charge in [-0.25, -0.2) is 9.97 Å². The summed E-state index contributed by atoms with van der Waals surface area (Å²) >= 11 is 0. The summed E-state index contributed by atoms with van der Waals surface area (Å²) in [5.41, 5.74) is 9.59. The first-order chi connectivity index (χ1) is 13.2. The van der Waals surface area contributed by atoms with Crippen molar-refractivity contribution < 1.29 is 4.79 Å². The van der Waals surface area contributed by atoms with Gasteiger partial charge in [-0.3, -0.25) is 4.79 Å². The van der Waals surface area contributed by atoms with Crippen LogP contribution in [0.1, 0.15) is 53.7 Å². The Hall–Kier alpha value is -2.63. The number of amides is 1. The first-order valence-electron chi connectivity index (χ1n) is 9.92. The Balaban J connectivity index is 1.41. The summed E-state index contributed by atoms with van der Waals surface area (Å²) in [5.74, 6) is 0.992. The topological polar surface area (TPSA) is 84.1 Å². The second kappa shape index (κ2) is 7.94. The minimum absolute atomic E-state index is 0.0240. The average molecular weight is 365 g/mol. The van der Waals surface area contributed by atoms with Crippen molar-refractivity contribution in [3.8, 4) is 0 Å². The Kier molecular flexibility index (Phi) is 5.23. The first kappa shape index (κ1) is 17.8. The van der Waals surface area contributed by atoms with E-state index in [1.165, 1.54) is 32.1 Å². The molecule has 2 aliphatic rings. The molecule has 1 saturated carbocycles. The molecule has 142 valence electrons. The molecule has 6 nitrogen and oxygen atoms in total. The van der Waals surface area contributed by atoms with Gasteiger partial charge in [-0.05, 0) is 37.0 Å². The predicted octanol–water partition coefficient (Wildman–Crippen LogP) is 2.93. The van der Waals surface area contributed by atoms with Gasteiger partial charge in [0, 0.05) is 49.1 Å². The molecule has 1 aliphatic heterocycles. The maximum Gasteiger partial charge on any atom is 0.251 e. The van der Waals surface area contributed by atoms with Crippen LogP contribution in [0.2, 0.25) is 0 Å². The number of carbonyl (C=O) groups excluding carboxylic acids is 1. The molecule has 27 heavy (non-hydrogen) atoms. The Morgan fingerprint density at radius 3 is 2.96 bits per heavy atom. The van der Waals surface area contributed by atoms with E-state index in [1.54, 1.807) is 0 Å². The van der Waals surface area contributed by atoms with E-state index < -0.39 is 0 Å². The van der Waals surface area contributed by atoms with E-state index in [2.05, 4.69) is 26.3 Å². The molecule has 1 aromatic carbocycles. The van der Waals surface area contributed by atoms with Crippen molar-refractivity contribution in [2.24, 2.45) is 5.92 Å². The molecule has 1 fully saturated rings. The number of aromatic nitrogens is 2. The van der Waals surface area contributed by atoms with Crippen molar-refractivity contribution >= 4 is 17.5 Å². The van der Waals surface area contributed by atoms with Crippen molar-refractivity contribution in [3.05, 3.63) is 47.3 Å². The Labute approximate surface area is 160 Å². The van der Waals surface area contributed by atoms with E-state index in [-0.39, 0.29) is 5.91 Å². The maximum absolute atomic E-state index is 12.6. The molecule has 1 aliphatic carbocycles. The molecule has 0 spiro atoms. The lowest BCUT2D eigenvalue weighted by Crippen LogP contribution is -2.32. The van der Waals surface area contributed by atoms with E-state index in [4.69, 9.17) is 5.73 Å². The van der Waals surface area contributed by atoms with Crippen LogP contribution < -0.4 is 16.0 Å². The van der Waals surface area contributed by atoms with Gasteiger partial charge in [-0.2, -0.15) is 0 Å². The van der Waals surface area contributed by atoms with Gasteiger partial charge >= 0.3 is 0 Å². The average Bonchev–Trinajstić information content (AvgIpc) is 2.72. The molecule has 0 bridgehead atoms. The van der Waals surface area contributed by atoms with E-state index >= 15 is 0 Å². The van der Waals surface area contributed by atoms with Gasteiger partial charge in [0.1, 0.15) is 0 Å². The molecule has 2 aromatic rings. The SMILES string of the molecule is Nc1ncc2c(n1)CCN(c1cccc(C(=O)NCC3CCCCC3)c1)C2. The minimum Gasteiger partial charge on any atom is -0.368 e. The number of nitrogens with one attached hydrogen (secondary N) is 1. The molecule has 0 atom stereocenters. The highest BCUT2D eigenvalue weighted by atomic mass is 16.1. The number of fused-ring (bicyclic) bond motifs is 1. The molecular weight excluding hydrogens is 338 g/mol. The highest BCUT2D eigenvalue weighted by Gasteiger charge is 2.20. The summed E-state index contributed by atoms with van der Waals surface area (Å²) in [5, 5.41) is 3.13. The highest BCUT2D eigenvalue weighted by Crippen LogP contribution is 2.25. The molecule has 2 heterocycles. The number of rotatable bonds is 4. The normalized spacial score (nSPS) is 17.4. The van der Waals surface area contributed by atoms with E-state index in [0.29, 0.717) is 11.9 Å². The molecule has 4 rings (SSSR count). The lowest BCUT2D eigenvalue weighted by atomic mass is 9.89. The third-order valence-corrected chi connectivity index (χ3v) is 5.70. The fourth-order valence-corrected chi connectivity index (χ4v) is 4.13. The molecule has 1 amide bonds. The smallest absolute Gasteiger partial charge is 0.251 e. The van der Waals surface area contributed by atoms with E-state index in [9.17, 15) is 4.79 Å². The number of nitrogen functional groups attached to an aromatic ring is 1. The number of hydrogen-bond donors (Lipinski definition) is 2. The maximum atomic E-state index is 12.6. The predicted molar refractivity (Wildman–Crippen MR) is 107 cm³/mol. The molecule has 1 aromatic heterocycles. The minimum atomic E-state index is 0.0240. The number of nitrogens with two attached hydrogens (primary N) is 1. The Morgan fingerprint density at radius 1 is 1.26 bits per heavy atom. The van der Waals surface area contributed by atoms with Crippen molar-refractivity contribution in [2.75, 3.05) is 23.7 Å². The van der Waals surface area contributed by atoms with Crippen LogP contribution in [0.25, 0.3) is 0 Å². The van der Waals surface area contributed by atoms with Gasteiger partial charge in [-0.1, -0.05) is 25.3 Å². The zero-order chi connectivity index (χ0) is 18.6. The fourth-order valence-electron chi connectivity index (χ4n) is 4.13. The molecule has 3 N–H and O–H groups in total. The number of anilines is 2.